The fourth-order valence-corrected chi connectivity index (χ4v) is 5.42. The molecule has 0 aromatic heterocycles. The van der Waals surface area contributed by atoms with Gasteiger partial charge in [0.15, 0.2) is 0 Å². The highest BCUT2D eigenvalue weighted by Gasteiger charge is 2.66. The topological polar surface area (TPSA) is 102 Å². The summed E-state index contributed by atoms with van der Waals surface area (Å²) in [5.41, 5.74) is -6.99. The summed E-state index contributed by atoms with van der Waals surface area (Å²) >= 11 is 0. The number of benzene rings is 3. The van der Waals surface area contributed by atoms with Crippen LogP contribution in [-0.4, -0.2) is 38.3 Å². The van der Waals surface area contributed by atoms with Gasteiger partial charge >= 0.3 is 35.5 Å². The number of alkyl halides is 9. The molecule has 0 saturated carbocycles. The van der Waals surface area contributed by atoms with Crippen molar-refractivity contribution < 1.29 is 53.7 Å². The Bertz CT molecular complexity index is 1570. The van der Waals surface area contributed by atoms with E-state index >= 15 is 0 Å². The van der Waals surface area contributed by atoms with Crippen LogP contribution in [0.15, 0.2) is 103 Å². The van der Waals surface area contributed by atoms with E-state index in [0.29, 0.717) is 23.1 Å². The zero-order valence-electron chi connectivity index (χ0n) is 26.7. The van der Waals surface area contributed by atoms with Gasteiger partial charge in [-0.1, -0.05) is 79.7 Å². The van der Waals surface area contributed by atoms with Crippen molar-refractivity contribution >= 4 is 0 Å². The van der Waals surface area contributed by atoms with E-state index in [9.17, 15) is 39.5 Å². The summed E-state index contributed by atoms with van der Waals surface area (Å²) in [6.45, 7) is 2.20. The standard InChI is InChI=1S/C33H29F9N6O3/c1-2-27(18-49-15-21-3-9-24(10-4-21)28(43-44-28)31(34,35)36,19-50-16-22-5-11-25(12-6-22)29(45-46-29)32(37,38)39)20-51-17-23-7-13-26(14-8-23)30(47-48-30)33(40,41)42/h3-14H,2,15-20H2,1H3. The van der Waals surface area contributed by atoms with Gasteiger partial charge in [0.2, 0.25) is 0 Å². The third-order valence-electron chi connectivity index (χ3n) is 8.94. The summed E-state index contributed by atoms with van der Waals surface area (Å²) < 4.78 is 138. The molecule has 9 nitrogen and oxygen atoms in total. The predicted octanol–water partition coefficient (Wildman–Crippen LogP) is 9.58. The van der Waals surface area contributed by atoms with Crippen molar-refractivity contribution in [1.29, 1.82) is 0 Å². The molecule has 3 aromatic rings. The van der Waals surface area contributed by atoms with Crippen LogP contribution in [0.2, 0.25) is 0 Å². The summed E-state index contributed by atoms with van der Waals surface area (Å²) in [5.74, 6) is 0. The third kappa shape index (κ3) is 7.26. The van der Waals surface area contributed by atoms with Crippen molar-refractivity contribution in [3.8, 4) is 0 Å². The monoisotopic (exact) mass is 728 g/mol. The van der Waals surface area contributed by atoms with Crippen molar-refractivity contribution in [2.75, 3.05) is 19.8 Å². The molecule has 0 aliphatic carbocycles. The number of rotatable bonds is 16. The molecule has 272 valence electrons. The van der Waals surface area contributed by atoms with Crippen LogP contribution < -0.4 is 0 Å². The SMILES string of the molecule is CCC(COCc1ccc(C2(C(F)(F)F)N=N2)cc1)(COCc1ccc(C2(C(F)(F)F)N=N2)cc1)COCc1ccc(C2(C(F)(F)F)N=N2)cc1. The smallest absolute Gasteiger partial charge is 0.376 e. The number of nitrogens with zero attached hydrogens (tertiary/aromatic N) is 6. The van der Waals surface area contributed by atoms with Gasteiger partial charge in [-0.3, -0.25) is 0 Å². The molecule has 3 aliphatic heterocycles. The van der Waals surface area contributed by atoms with Crippen LogP contribution in [0.1, 0.15) is 46.7 Å². The first-order valence-corrected chi connectivity index (χ1v) is 15.5. The molecule has 0 atom stereocenters. The molecule has 0 amide bonds. The summed E-state index contributed by atoms with van der Waals surface area (Å²) in [6.07, 6.45) is -13.5. The van der Waals surface area contributed by atoms with Gasteiger partial charge in [0.25, 0.3) is 0 Å². The molecule has 0 bridgehead atoms. The predicted molar refractivity (Wildman–Crippen MR) is 159 cm³/mol. The Balaban J connectivity index is 1.08. The molecule has 0 spiro atoms. The van der Waals surface area contributed by atoms with Crippen LogP contribution >= 0.6 is 0 Å². The Morgan fingerprint density at radius 1 is 0.431 bits per heavy atom. The second-order valence-electron chi connectivity index (χ2n) is 12.5. The summed E-state index contributed by atoms with van der Waals surface area (Å²) in [4.78, 5) is 0. The largest absolute Gasteiger partial charge is 0.442 e. The van der Waals surface area contributed by atoms with Gasteiger partial charge in [-0.05, 0) is 23.1 Å². The lowest BCUT2D eigenvalue weighted by Gasteiger charge is -2.32. The summed E-state index contributed by atoms with van der Waals surface area (Å²) in [6, 6.07) is 16.6. The molecule has 0 fully saturated rings. The fraction of sp³-hybridized carbons (Fsp3) is 0.455. The van der Waals surface area contributed by atoms with E-state index in [4.69, 9.17) is 14.2 Å². The average molecular weight is 729 g/mol. The van der Waals surface area contributed by atoms with E-state index in [1.807, 2.05) is 6.92 Å². The highest BCUT2D eigenvalue weighted by molar-refractivity contribution is 5.34. The van der Waals surface area contributed by atoms with E-state index in [2.05, 4.69) is 30.7 Å². The molecule has 0 radical (unpaired) electrons. The van der Waals surface area contributed by atoms with E-state index in [1.165, 1.54) is 72.8 Å². The zero-order valence-corrected chi connectivity index (χ0v) is 26.7. The first-order chi connectivity index (χ1) is 24.0. The van der Waals surface area contributed by atoms with Crippen molar-refractivity contribution in [3.63, 3.8) is 0 Å². The Morgan fingerprint density at radius 3 is 0.843 bits per heavy atom. The minimum absolute atomic E-state index is 0.0341. The molecule has 0 saturated heterocycles. The maximum atomic E-state index is 13.4. The maximum absolute atomic E-state index is 13.4. The molecule has 3 heterocycles. The van der Waals surface area contributed by atoms with Gasteiger partial charge in [0, 0.05) is 22.1 Å². The Hall–Kier alpha value is -4.29. The van der Waals surface area contributed by atoms with Crippen molar-refractivity contribution in [3.05, 3.63) is 106 Å². The minimum Gasteiger partial charge on any atom is -0.376 e. The lowest BCUT2D eigenvalue weighted by atomic mass is 9.88. The van der Waals surface area contributed by atoms with Crippen molar-refractivity contribution in [2.24, 2.45) is 36.1 Å². The van der Waals surface area contributed by atoms with Gasteiger partial charge in [0.05, 0.1) is 39.6 Å². The Labute approximate surface area is 284 Å². The van der Waals surface area contributed by atoms with Crippen molar-refractivity contribution in [1.82, 2.24) is 0 Å². The number of halogens is 9. The minimum atomic E-state index is -4.65. The van der Waals surface area contributed by atoms with Crippen LogP contribution in [0.3, 0.4) is 0 Å². The zero-order chi connectivity index (χ0) is 36.8. The van der Waals surface area contributed by atoms with Gasteiger partial charge < -0.3 is 14.2 Å². The summed E-state index contributed by atoms with van der Waals surface area (Å²) in [7, 11) is 0. The quantitative estimate of drug-likeness (QED) is 0.137. The second-order valence-corrected chi connectivity index (χ2v) is 12.5. The van der Waals surface area contributed by atoms with Gasteiger partial charge in [-0.15, -0.1) is 30.7 Å². The molecular weight excluding hydrogens is 699 g/mol. The van der Waals surface area contributed by atoms with Crippen LogP contribution in [0.25, 0.3) is 0 Å². The highest BCUT2D eigenvalue weighted by Crippen LogP contribution is 2.54. The molecule has 0 unspecified atom stereocenters. The van der Waals surface area contributed by atoms with E-state index in [-0.39, 0.29) is 56.3 Å². The fourth-order valence-electron chi connectivity index (χ4n) is 5.42. The van der Waals surface area contributed by atoms with Crippen LogP contribution in [0.4, 0.5) is 39.5 Å². The van der Waals surface area contributed by atoms with Gasteiger partial charge in [-0.2, -0.15) is 39.5 Å². The summed E-state index contributed by atoms with van der Waals surface area (Å²) in [5, 5.41) is 19.2. The van der Waals surface area contributed by atoms with Crippen LogP contribution in [0, 0.1) is 5.41 Å². The Morgan fingerprint density at radius 2 is 0.667 bits per heavy atom. The van der Waals surface area contributed by atoms with E-state index in [0.717, 1.165) is 0 Å². The van der Waals surface area contributed by atoms with Crippen molar-refractivity contribution in [2.45, 2.75) is 68.7 Å². The van der Waals surface area contributed by atoms with E-state index in [1.54, 1.807) is 0 Å². The first-order valence-electron chi connectivity index (χ1n) is 15.5. The van der Waals surface area contributed by atoms with E-state index < -0.39 is 40.9 Å². The third-order valence-corrected chi connectivity index (χ3v) is 8.94. The second kappa shape index (κ2) is 13.0. The molecule has 3 aliphatic rings. The molecule has 0 N–H and O–H groups in total. The first kappa shape index (κ1) is 36.5. The molecule has 51 heavy (non-hydrogen) atoms. The van der Waals surface area contributed by atoms with Crippen LogP contribution in [0.5, 0.6) is 0 Å². The van der Waals surface area contributed by atoms with Gasteiger partial charge in [-0.25, -0.2) is 0 Å². The number of ether oxygens (including phenoxy) is 3. The average Bonchev–Trinajstić information content (AvgIpc) is 3.94. The molecule has 6 rings (SSSR count). The number of hydrogen-bond acceptors (Lipinski definition) is 9. The molecular formula is C33H29F9N6O3. The lowest BCUT2D eigenvalue weighted by Crippen LogP contribution is -2.36. The maximum Gasteiger partial charge on any atom is 0.442 e. The molecule has 3 aromatic carbocycles. The molecule has 18 heteroatoms. The normalized spacial score (nSPS) is 18.2. The Kier molecular flexibility index (Phi) is 9.33. The highest BCUT2D eigenvalue weighted by atomic mass is 19.4. The van der Waals surface area contributed by atoms with Gasteiger partial charge in [0.1, 0.15) is 0 Å². The van der Waals surface area contributed by atoms with Crippen LogP contribution in [-0.2, 0) is 51.0 Å². The number of hydrogen-bond donors (Lipinski definition) is 0. The lowest BCUT2D eigenvalue weighted by molar-refractivity contribution is -0.166.